The Labute approximate surface area is 153 Å². The number of hydrogen-bond acceptors (Lipinski definition) is 5. The van der Waals surface area contributed by atoms with Crippen LogP contribution in [0.1, 0.15) is 44.7 Å². The maximum atomic E-state index is 11.8. The molecule has 1 aromatic heterocycles. The maximum absolute atomic E-state index is 11.8. The second-order valence-electron chi connectivity index (χ2n) is 6.52. The predicted molar refractivity (Wildman–Crippen MR) is 102 cm³/mol. The number of carbonyl (C=O) groups excluding carboxylic acids is 1. The molecule has 5 heteroatoms. The monoisotopic (exact) mass is 358 g/mol. The van der Waals surface area contributed by atoms with Gasteiger partial charge in [-0.25, -0.2) is 4.79 Å². The van der Waals surface area contributed by atoms with E-state index >= 15 is 0 Å². The lowest BCUT2D eigenvalue weighted by Crippen LogP contribution is -2.08. The van der Waals surface area contributed by atoms with Crippen molar-refractivity contribution in [1.82, 2.24) is 0 Å². The standard InChI is InChI=1S/C21H26O5/c1-5-9-25-20(22)7-6-16-12-17-15(4)11-21(23)26-19(17)13-18(16)24-10-8-14(2)3/h8,11-13H,5-7,9-10H2,1-4H3. The van der Waals surface area contributed by atoms with Crippen molar-refractivity contribution in [2.45, 2.75) is 47.0 Å². The van der Waals surface area contributed by atoms with Crippen molar-refractivity contribution in [2.24, 2.45) is 0 Å². The van der Waals surface area contributed by atoms with E-state index in [-0.39, 0.29) is 18.0 Å². The first-order valence-electron chi connectivity index (χ1n) is 8.90. The normalized spacial score (nSPS) is 10.6. The number of ether oxygens (including phenoxy) is 2. The van der Waals surface area contributed by atoms with Crippen LogP contribution in [0.2, 0.25) is 0 Å². The number of allylic oxidation sites excluding steroid dienone is 1. The lowest BCUT2D eigenvalue weighted by molar-refractivity contribution is -0.143. The quantitative estimate of drug-likeness (QED) is 0.399. The molecule has 0 bridgehead atoms. The summed E-state index contributed by atoms with van der Waals surface area (Å²) in [6, 6.07) is 5.12. The summed E-state index contributed by atoms with van der Waals surface area (Å²) in [6.07, 6.45) is 3.55. The summed E-state index contributed by atoms with van der Waals surface area (Å²) in [7, 11) is 0. The molecule has 26 heavy (non-hydrogen) atoms. The smallest absolute Gasteiger partial charge is 0.336 e. The first-order chi connectivity index (χ1) is 12.4. The Morgan fingerprint density at radius 3 is 2.69 bits per heavy atom. The average molecular weight is 358 g/mol. The molecule has 140 valence electrons. The lowest BCUT2D eigenvalue weighted by Gasteiger charge is -2.13. The molecule has 0 spiro atoms. The Hall–Kier alpha value is -2.56. The maximum Gasteiger partial charge on any atom is 0.336 e. The highest BCUT2D eigenvalue weighted by molar-refractivity contribution is 5.83. The van der Waals surface area contributed by atoms with Crippen LogP contribution in [-0.4, -0.2) is 19.2 Å². The van der Waals surface area contributed by atoms with E-state index < -0.39 is 0 Å². The van der Waals surface area contributed by atoms with Gasteiger partial charge >= 0.3 is 11.6 Å². The third-order valence-electron chi connectivity index (χ3n) is 3.93. The van der Waals surface area contributed by atoms with Gasteiger partial charge in [0.2, 0.25) is 0 Å². The summed E-state index contributed by atoms with van der Waals surface area (Å²) in [5.41, 5.74) is 2.98. The molecule has 2 aromatic rings. The summed E-state index contributed by atoms with van der Waals surface area (Å²) in [6.45, 7) is 8.67. The number of aryl methyl sites for hydroxylation is 2. The Kier molecular flexibility index (Phi) is 7.01. The van der Waals surface area contributed by atoms with Crippen molar-refractivity contribution in [3.63, 3.8) is 0 Å². The second-order valence-corrected chi connectivity index (χ2v) is 6.52. The van der Waals surface area contributed by atoms with E-state index in [1.54, 1.807) is 6.07 Å². The van der Waals surface area contributed by atoms with Gasteiger partial charge < -0.3 is 13.9 Å². The molecular formula is C21H26O5. The van der Waals surface area contributed by atoms with Crippen LogP contribution in [0.5, 0.6) is 5.75 Å². The van der Waals surface area contributed by atoms with Crippen LogP contribution in [-0.2, 0) is 16.0 Å². The molecular weight excluding hydrogens is 332 g/mol. The Bertz CT molecular complexity index is 857. The van der Waals surface area contributed by atoms with Crippen LogP contribution in [0.15, 0.2) is 39.1 Å². The zero-order valence-electron chi connectivity index (χ0n) is 15.9. The summed E-state index contributed by atoms with van der Waals surface area (Å²) in [5.74, 6) is 0.394. The van der Waals surface area contributed by atoms with Crippen LogP contribution in [0, 0.1) is 6.92 Å². The van der Waals surface area contributed by atoms with Crippen LogP contribution in [0.4, 0.5) is 0 Å². The zero-order chi connectivity index (χ0) is 19.1. The van der Waals surface area contributed by atoms with Crippen molar-refractivity contribution in [2.75, 3.05) is 13.2 Å². The summed E-state index contributed by atoms with van der Waals surface area (Å²) in [4.78, 5) is 23.5. The summed E-state index contributed by atoms with van der Waals surface area (Å²) in [5, 5.41) is 0.844. The van der Waals surface area contributed by atoms with Gasteiger partial charge in [0.1, 0.15) is 17.9 Å². The topological polar surface area (TPSA) is 65.7 Å². The number of esters is 1. The third-order valence-corrected chi connectivity index (χ3v) is 3.93. The Balaban J connectivity index is 2.32. The van der Waals surface area contributed by atoms with E-state index in [0.717, 1.165) is 28.5 Å². The number of hydrogen-bond donors (Lipinski definition) is 0. The molecule has 0 unspecified atom stereocenters. The van der Waals surface area contributed by atoms with Crippen LogP contribution in [0.3, 0.4) is 0 Å². The molecule has 0 atom stereocenters. The molecule has 0 saturated carbocycles. The molecule has 1 aromatic carbocycles. The van der Waals surface area contributed by atoms with Gasteiger partial charge in [0.15, 0.2) is 0 Å². The SMILES string of the molecule is CCCOC(=O)CCc1cc2c(C)cc(=O)oc2cc1OCC=C(C)C. The largest absolute Gasteiger partial charge is 0.489 e. The van der Waals surface area contributed by atoms with E-state index in [9.17, 15) is 9.59 Å². The third kappa shape index (κ3) is 5.48. The number of fused-ring (bicyclic) bond motifs is 1. The molecule has 0 aliphatic carbocycles. The van der Waals surface area contributed by atoms with Crippen molar-refractivity contribution in [1.29, 1.82) is 0 Å². The van der Waals surface area contributed by atoms with E-state index in [1.165, 1.54) is 6.07 Å². The molecule has 0 amide bonds. The van der Waals surface area contributed by atoms with Crippen molar-refractivity contribution < 1.29 is 18.7 Å². The lowest BCUT2D eigenvalue weighted by atomic mass is 10.0. The Morgan fingerprint density at radius 2 is 2.00 bits per heavy atom. The minimum absolute atomic E-state index is 0.224. The molecule has 0 radical (unpaired) electrons. The fraction of sp³-hybridized carbons (Fsp3) is 0.429. The van der Waals surface area contributed by atoms with Gasteiger partial charge in [-0.2, -0.15) is 0 Å². The van der Waals surface area contributed by atoms with Gasteiger partial charge in [0, 0.05) is 23.9 Å². The molecule has 0 N–H and O–H groups in total. The highest BCUT2D eigenvalue weighted by Gasteiger charge is 2.12. The molecule has 0 aliphatic heterocycles. The number of benzene rings is 1. The molecule has 2 rings (SSSR count). The molecule has 0 saturated heterocycles. The first-order valence-corrected chi connectivity index (χ1v) is 8.90. The average Bonchev–Trinajstić information content (AvgIpc) is 2.57. The highest BCUT2D eigenvalue weighted by atomic mass is 16.5. The zero-order valence-corrected chi connectivity index (χ0v) is 15.9. The van der Waals surface area contributed by atoms with Crippen molar-refractivity contribution >= 4 is 16.9 Å². The molecule has 1 heterocycles. The minimum Gasteiger partial charge on any atom is -0.489 e. The van der Waals surface area contributed by atoms with Crippen molar-refractivity contribution in [3.05, 3.63) is 51.4 Å². The van der Waals surface area contributed by atoms with Crippen LogP contribution in [0.25, 0.3) is 11.0 Å². The van der Waals surface area contributed by atoms with Gasteiger partial charge in [-0.3, -0.25) is 4.79 Å². The van der Waals surface area contributed by atoms with E-state index in [0.29, 0.717) is 31.0 Å². The van der Waals surface area contributed by atoms with E-state index in [1.807, 2.05) is 39.8 Å². The first kappa shape index (κ1) is 19.8. The van der Waals surface area contributed by atoms with Crippen molar-refractivity contribution in [3.8, 4) is 5.75 Å². The van der Waals surface area contributed by atoms with Gasteiger partial charge in [0.05, 0.1) is 6.61 Å². The van der Waals surface area contributed by atoms with Gasteiger partial charge in [-0.1, -0.05) is 12.5 Å². The summed E-state index contributed by atoms with van der Waals surface area (Å²) < 4.78 is 16.3. The van der Waals surface area contributed by atoms with Crippen LogP contribution < -0.4 is 10.4 Å². The van der Waals surface area contributed by atoms with Gasteiger partial charge in [-0.05, 0) is 56.9 Å². The van der Waals surface area contributed by atoms with Gasteiger partial charge in [-0.15, -0.1) is 0 Å². The molecule has 5 nitrogen and oxygen atoms in total. The van der Waals surface area contributed by atoms with E-state index in [4.69, 9.17) is 13.9 Å². The Morgan fingerprint density at radius 1 is 1.23 bits per heavy atom. The van der Waals surface area contributed by atoms with Gasteiger partial charge in [0.25, 0.3) is 0 Å². The predicted octanol–water partition coefficient (Wildman–Crippen LogP) is 4.33. The fourth-order valence-corrected chi connectivity index (χ4v) is 2.54. The second kappa shape index (κ2) is 9.22. The molecule has 0 fully saturated rings. The highest BCUT2D eigenvalue weighted by Crippen LogP contribution is 2.28. The van der Waals surface area contributed by atoms with Crippen LogP contribution >= 0.6 is 0 Å². The number of carbonyl (C=O) groups is 1. The summed E-state index contributed by atoms with van der Waals surface area (Å²) >= 11 is 0. The van der Waals surface area contributed by atoms with E-state index in [2.05, 4.69) is 0 Å². The minimum atomic E-state index is -0.388. The molecule has 0 aliphatic rings. The number of rotatable bonds is 8. The fourth-order valence-electron chi connectivity index (χ4n) is 2.54.